The van der Waals surface area contributed by atoms with Crippen molar-refractivity contribution in [2.45, 2.75) is 20.0 Å². The number of hydrogen-bond donors (Lipinski definition) is 3. The quantitative estimate of drug-likeness (QED) is 0.469. The average molecular weight is 332 g/mol. The van der Waals surface area contributed by atoms with Crippen LogP contribution in [0.15, 0.2) is 60.7 Å². The number of nitrogens with zero attached hydrogens (tertiary/aromatic N) is 1. The van der Waals surface area contributed by atoms with Crippen molar-refractivity contribution < 1.29 is 10.2 Å². The minimum absolute atomic E-state index is 0.149. The molecular weight excluding hydrogens is 312 g/mol. The molecule has 0 fully saturated rings. The second-order valence-electron chi connectivity index (χ2n) is 6.16. The molecule has 0 aliphatic rings. The maximum Gasteiger partial charge on any atom is 0.120 e. The third kappa shape index (κ3) is 2.66. The van der Waals surface area contributed by atoms with E-state index in [-0.39, 0.29) is 11.5 Å². The van der Waals surface area contributed by atoms with Crippen molar-refractivity contribution >= 4 is 27.5 Å². The SMILES string of the molecule is CCn1c2ccccc2c2cc(NCc3cc(O)ccc3O)ccc21. The minimum atomic E-state index is 0.149. The summed E-state index contributed by atoms with van der Waals surface area (Å²) in [6.07, 6.45) is 0. The Bertz CT molecular complexity index is 1070. The zero-order chi connectivity index (χ0) is 17.4. The van der Waals surface area contributed by atoms with Gasteiger partial charge in [0.1, 0.15) is 11.5 Å². The number of phenolic OH excluding ortho intramolecular Hbond substituents is 2. The molecule has 0 bridgehead atoms. The Hall–Kier alpha value is -3.14. The van der Waals surface area contributed by atoms with E-state index in [0.29, 0.717) is 12.1 Å². The van der Waals surface area contributed by atoms with Crippen LogP contribution in [-0.2, 0) is 13.1 Å². The summed E-state index contributed by atoms with van der Waals surface area (Å²) in [5, 5.41) is 25.3. The van der Waals surface area contributed by atoms with E-state index in [2.05, 4.69) is 53.2 Å². The van der Waals surface area contributed by atoms with Gasteiger partial charge in [-0.15, -0.1) is 0 Å². The Balaban J connectivity index is 1.72. The van der Waals surface area contributed by atoms with Crippen LogP contribution in [0, 0.1) is 0 Å². The average Bonchev–Trinajstić information content (AvgIpc) is 2.95. The Morgan fingerprint density at radius 3 is 2.52 bits per heavy atom. The number of aromatic hydroxyl groups is 2. The van der Waals surface area contributed by atoms with Crippen LogP contribution >= 0.6 is 0 Å². The van der Waals surface area contributed by atoms with E-state index in [1.54, 1.807) is 6.07 Å². The largest absolute Gasteiger partial charge is 0.508 e. The lowest BCUT2D eigenvalue weighted by atomic mass is 10.1. The molecule has 0 amide bonds. The molecule has 0 saturated carbocycles. The van der Waals surface area contributed by atoms with Gasteiger partial charge in [-0.25, -0.2) is 0 Å². The van der Waals surface area contributed by atoms with Gasteiger partial charge in [0.15, 0.2) is 0 Å². The first-order valence-electron chi connectivity index (χ1n) is 8.43. The molecule has 0 aliphatic carbocycles. The molecule has 4 aromatic rings. The van der Waals surface area contributed by atoms with Crippen molar-refractivity contribution in [3.8, 4) is 11.5 Å². The van der Waals surface area contributed by atoms with Crippen molar-refractivity contribution in [2.24, 2.45) is 0 Å². The number of aryl methyl sites for hydroxylation is 1. The molecule has 0 saturated heterocycles. The summed E-state index contributed by atoms with van der Waals surface area (Å²) in [5.41, 5.74) is 4.10. The summed E-state index contributed by atoms with van der Waals surface area (Å²) in [5.74, 6) is 0.324. The molecule has 1 heterocycles. The standard InChI is InChI=1S/C21H20N2O2/c1-2-23-19-6-4-3-5-17(19)18-12-15(7-9-20(18)23)22-13-14-11-16(24)8-10-21(14)25/h3-12,22,24-25H,2,13H2,1H3. The predicted molar refractivity (Wildman–Crippen MR) is 102 cm³/mol. The zero-order valence-electron chi connectivity index (χ0n) is 14.0. The highest BCUT2D eigenvalue weighted by molar-refractivity contribution is 6.09. The first kappa shape index (κ1) is 15.4. The van der Waals surface area contributed by atoms with Gasteiger partial charge in [0.05, 0.1) is 0 Å². The fraction of sp³-hybridized carbons (Fsp3) is 0.143. The fourth-order valence-electron chi connectivity index (χ4n) is 3.42. The van der Waals surface area contributed by atoms with Gasteiger partial charge in [-0.3, -0.25) is 0 Å². The topological polar surface area (TPSA) is 57.4 Å². The van der Waals surface area contributed by atoms with Crippen LogP contribution in [0.1, 0.15) is 12.5 Å². The number of nitrogens with one attached hydrogen (secondary N) is 1. The number of hydrogen-bond acceptors (Lipinski definition) is 3. The lowest BCUT2D eigenvalue weighted by molar-refractivity contribution is 0.455. The molecule has 3 aromatic carbocycles. The predicted octanol–water partition coefficient (Wildman–Crippen LogP) is 4.84. The molecule has 25 heavy (non-hydrogen) atoms. The van der Waals surface area contributed by atoms with Gasteiger partial charge >= 0.3 is 0 Å². The molecule has 0 atom stereocenters. The van der Waals surface area contributed by atoms with Crippen LogP contribution in [0.3, 0.4) is 0 Å². The Kier molecular flexibility index (Phi) is 3.73. The molecule has 3 N–H and O–H groups in total. The van der Waals surface area contributed by atoms with Gasteiger partial charge in [0.2, 0.25) is 0 Å². The normalized spacial score (nSPS) is 11.2. The summed E-state index contributed by atoms with van der Waals surface area (Å²) in [6, 6.07) is 19.3. The molecule has 0 aliphatic heterocycles. The van der Waals surface area contributed by atoms with Gasteiger partial charge < -0.3 is 20.1 Å². The number of rotatable bonds is 4. The molecular formula is C21H20N2O2. The van der Waals surface area contributed by atoms with Gasteiger partial charge in [-0.2, -0.15) is 0 Å². The molecule has 0 spiro atoms. The third-order valence-electron chi connectivity index (χ3n) is 4.63. The molecule has 0 radical (unpaired) electrons. The summed E-state index contributed by atoms with van der Waals surface area (Å²) >= 11 is 0. The third-order valence-corrected chi connectivity index (χ3v) is 4.63. The minimum Gasteiger partial charge on any atom is -0.508 e. The van der Waals surface area contributed by atoms with Crippen LogP contribution in [0.5, 0.6) is 11.5 Å². The smallest absolute Gasteiger partial charge is 0.120 e. The van der Waals surface area contributed by atoms with Crippen molar-refractivity contribution in [1.82, 2.24) is 4.57 Å². The monoisotopic (exact) mass is 332 g/mol. The number of anilines is 1. The van der Waals surface area contributed by atoms with E-state index in [4.69, 9.17) is 0 Å². The summed E-state index contributed by atoms with van der Waals surface area (Å²) in [7, 11) is 0. The first-order chi connectivity index (χ1) is 12.2. The van der Waals surface area contributed by atoms with Gasteiger partial charge in [-0.1, -0.05) is 18.2 Å². The molecule has 4 nitrogen and oxygen atoms in total. The highest BCUT2D eigenvalue weighted by atomic mass is 16.3. The van der Waals surface area contributed by atoms with E-state index >= 15 is 0 Å². The summed E-state index contributed by atoms with van der Waals surface area (Å²) in [6.45, 7) is 3.52. The fourth-order valence-corrected chi connectivity index (χ4v) is 3.42. The highest BCUT2D eigenvalue weighted by Gasteiger charge is 2.10. The van der Waals surface area contributed by atoms with E-state index in [9.17, 15) is 10.2 Å². The number of para-hydroxylation sites is 1. The van der Waals surface area contributed by atoms with E-state index in [1.165, 1.54) is 33.9 Å². The summed E-state index contributed by atoms with van der Waals surface area (Å²) in [4.78, 5) is 0. The lowest BCUT2D eigenvalue weighted by Crippen LogP contribution is -1.99. The summed E-state index contributed by atoms with van der Waals surface area (Å²) < 4.78 is 2.31. The van der Waals surface area contributed by atoms with Crippen LogP contribution in [0.4, 0.5) is 5.69 Å². The van der Waals surface area contributed by atoms with Gasteiger partial charge in [-0.05, 0) is 49.4 Å². The van der Waals surface area contributed by atoms with Gasteiger partial charge in [0.25, 0.3) is 0 Å². The molecule has 126 valence electrons. The van der Waals surface area contributed by atoms with Crippen molar-refractivity contribution in [3.05, 3.63) is 66.2 Å². The second-order valence-corrected chi connectivity index (χ2v) is 6.16. The number of benzene rings is 3. The van der Waals surface area contributed by atoms with Gasteiger partial charge in [0, 0.05) is 46.1 Å². The van der Waals surface area contributed by atoms with Crippen molar-refractivity contribution in [3.63, 3.8) is 0 Å². The molecule has 4 rings (SSSR count). The molecule has 0 unspecified atom stereocenters. The Morgan fingerprint density at radius 1 is 0.880 bits per heavy atom. The van der Waals surface area contributed by atoms with E-state index in [1.807, 2.05) is 6.07 Å². The number of aromatic nitrogens is 1. The van der Waals surface area contributed by atoms with E-state index < -0.39 is 0 Å². The van der Waals surface area contributed by atoms with E-state index in [0.717, 1.165) is 12.2 Å². The maximum atomic E-state index is 9.91. The second kappa shape index (κ2) is 6.06. The lowest BCUT2D eigenvalue weighted by Gasteiger charge is -2.09. The number of fused-ring (bicyclic) bond motifs is 3. The molecule has 1 aromatic heterocycles. The van der Waals surface area contributed by atoms with Crippen LogP contribution in [0.25, 0.3) is 21.8 Å². The number of phenols is 2. The Labute approximate surface area is 146 Å². The highest BCUT2D eigenvalue weighted by Crippen LogP contribution is 2.31. The van der Waals surface area contributed by atoms with Crippen molar-refractivity contribution in [1.29, 1.82) is 0 Å². The first-order valence-corrected chi connectivity index (χ1v) is 8.43. The Morgan fingerprint density at radius 2 is 1.68 bits per heavy atom. The van der Waals surface area contributed by atoms with Crippen LogP contribution in [0.2, 0.25) is 0 Å². The van der Waals surface area contributed by atoms with Crippen LogP contribution < -0.4 is 5.32 Å². The zero-order valence-corrected chi connectivity index (χ0v) is 14.0. The van der Waals surface area contributed by atoms with Crippen LogP contribution in [-0.4, -0.2) is 14.8 Å². The maximum absolute atomic E-state index is 9.91. The molecule has 4 heteroatoms. The van der Waals surface area contributed by atoms with Crippen molar-refractivity contribution in [2.75, 3.05) is 5.32 Å².